The first-order chi connectivity index (χ1) is 7.20. The largest absolute Gasteiger partial charge is 0.380 e. The molecule has 1 aliphatic carbocycles. The van der Waals surface area contributed by atoms with Gasteiger partial charge in [-0.1, -0.05) is 6.92 Å². The smallest absolute Gasteiger partial charge is 0.225 e. The Kier molecular flexibility index (Phi) is 2.06. The van der Waals surface area contributed by atoms with Crippen molar-refractivity contribution in [2.75, 3.05) is 26.3 Å². The lowest BCUT2D eigenvalue weighted by molar-refractivity contribution is -0.154. The maximum atomic E-state index is 12.0. The summed E-state index contributed by atoms with van der Waals surface area (Å²) in [5.41, 5.74) is 0.450. The van der Waals surface area contributed by atoms with E-state index in [0.29, 0.717) is 23.2 Å². The molecule has 2 heterocycles. The Balaban J connectivity index is 1.55. The molecule has 0 aromatic rings. The minimum Gasteiger partial charge on any atom is -0.380 e. The number of hydrogen-bond donors (Lipinski definition) is 0. The molecule has 3 rings (SSSR count). The van der Waals surface area contributed by atoms with Crippen molar-refractivity contribution < 1.29 is 9.53 Å². The molecule has 0 aromatic heterocycles. The van der Waals surface area contributed by atoms with E-state index in [-0.39, 0.29) is 0 Å². The minimum atomic E-state index is 0.358. The highest BCUT2D eigenvalue weighted by atomic mass is 16.5. The molecule has 3 heteroatoms. The van der Waals surface area contributed by atoms with Crippen LogP contribution in [0.1, 0.15) is 26.2 Å². The molecule has 1 saturated carbocycles. The molecule has 1 amide bonds. The summed E-state index contributed by atoms with van der Waals surface area (Å²) >= 11 is 0. The molecule has 3 nitrogen and oxygen atoms in total. The van der Waals surface area contributed by atoms with Crippen molar-refractivity contribution in [3.8, 4) is 0 Å². The third-order valence-corrected chi connectivity index (χ3v) is 4.38. The first-order valence-electron chi connectivity index (χ1n) is 6.07. The van der Waals surface area contributed by atoms with Crippen LogP contribution in [0.2, 0.25) is 0 Å². The average Bonchev–Trinajstić information content (AvgIpc) is 2.92. The van der Waals surface area contributed by atoms with E-state index in [1.54, 1.807) is 0 Å². The molecule has 2 unspecified atom stereocenters. The maximum absolute atomic E-state index is 12.0. The molecular weight excluding hydrogens is 190 g/mol. The molecule has 2 aliphatic heterocycles. The van der Waals surface area contributed by atoms with Crippen molar-refractivity contribution in [2.24, 2.45) is 17.3 Å². The zero-order valence-electron chi connectivity index (χ0n) is 9.37. The van der Waals surface area contributed by atoms with Gasteiger partial charge < -0.3 is 9.64 Å². The van der Waals surface area contributed by atoms with Gasteiger partial charge >= 0.3 is 0 Å². The van der Waals surface area contributed by atoms with Crippen molar-refractivity contribution in [2.45, 2.75) is 26.2 Å². The normalized spacial score (nSPS) is 37.5. The molecule has 15 heavy (non-hydrogen) atoms. The molecule has 1 spiro atoms. The van der Waals surface area contributed by atoms with E-state index in [2.05, 4.69) is 11.8 Å². The number of carbonyl (C=O) groups excluding carboxylic acids is 1. The van der Waals surface area contributed by atoms with Gasteiger partial charge in [0.15, 0.2) is 0 Å². The highest BCUT2D eigenvalue weighted by Gasteiger charge is 2.46. The Hall–Kier alpha value is -0.570. The number of carbonyl (C=O) groups is 1. The second kappa shape index (κ2) is 3.21. The van der Waals surface area contributed by atoms with E-state index in [4.69, 9.17) is 4.74 Å². The second-order valence-corrected chi connectivity index (χ2v) is 5.64. The van der Waals surface area contributed by atoms with E-state index in [0.717, 1.165) is 45.6 Å². The number of rotatable bonds is 1. The van der Waals surface area contributed by atoms with Crippen LogP contribution in [0, 0.1) is 17.3 Å². The van der Waals surface area contributed by atoms with Crippen LogP contribution in [0.3, 0.4) is 0 Å². The van der Waals surface area contributed by atoms with Crippen LogP contribution in [-0.2, 0) is 9.53 Å². The Morgan fingerprint density at radius 1 is 1.33 bits per heavy atom. The van der Waals surface area contributed by atoms with Crippen molar-refractivity contribution in [3.63, 3.8) is 0 Å². The van der Waals surface area contributed by atoms with Crippen LogP contribution in [0.25, 0.3) is 0 Å². The lowest BCUT2D eigenvalue weighted by atomic mass is 9.77. The van der Waals surface area contributed by atoms with Crippen molar-refractivity contribution in [3.05, 3.63) is 0 Å². The minimum absolute atomic E-state index is 0.358. The molecule has 2 atom stereocenters. The average molecular weight is 209 g/mol. The van der Waals surface area contributed by atoms with Gasteiger partial charge in [-0.25, -0.2) is 0 Å². The number of ether oxygens (including phenoxy) is 1. The Morgan fingerprint density at radius 2 is 1.93 bits per heavy atom. The summed E-state index contributed by atoms with van der Waals surface area (Å²) in [6.45, 7) is 5.95. The Morgan fingerprint density at radius 3 is 2.33 bits per heavy atom. The molecule has 2 saturated heterocycles. The summed E-state index contributed by atoms with van der Waals surface area (Å²) in [4.78, 5) is 14.1. The van der Waals surface area contributed by atoms with Crippen molar-refractivity contribution in [1.82, 2.24) is 4.90 Å². The van der Waals surface area contributed by atoms with Gasteiger partial charge in [0.05, 0.1) is 13.2 Å². The SMILES string of the molecule is CC1CC1C(=O)N1CCC2(CC1)COC2. The summed E-state index contributed by atoms with van der Waals surface area (Å²) in [6, 6.07) is 0. The van der Waals surface area contributed by atoms with E-state index in [1.165, 1.54) is 0 Å². The summed E-state index contributed by atoms with van der Waals surface area (Å²) < 4.78 is 5.28. The van der Waals surface area contributed by atoms with E-state index < -0.39 is 0 Å². The number of nitrogens with zero attached hydrogens (tertiary/aromatic N) is 1. The molecule has 0 bridgehead atoms. The van der Waals surface area contributed by atoms with E-state index >= 15 is 0 Å². The number of piperidine rings is 1. The molecule has 0 radical (unpaired) electrons. The van der Waals surface area contributed by atoms with Crippen molar-refractivity contribution in [1.29, 1.82) is 0 Å². The first-order valence-corrected chi connectivity index (χ1v) is 6.07. The summed E-state index contributed by atoms with van der Waals surface area (Å²) in [5.74, 6) is 1.41. The maximum Gasteiger partial charge on any atom is 0.225 e. The van der Waals surface area contributed by atoms with Gasteiger partial charge in [-0.2, -0.15) is 0 Å². The summed E-state index contributed by atoms with van der Waals surface area (Å²) in [5, 5.41) is 0. The lowest BCUT2D eigenvalue weighted by Gasteiger charge is -2.47. The Bertz CT molecular complexity index is 275. The predicted octanol–water partition coefficient (Wildman–Crippen LogP) is 1.28. The molecule has 3 aliphatic rings. The van der Waals surface area contributed by atoms with Crippen LogP contribution in [0.15, 0.2) is 0 Å². The third-order valence-electron chi connectivity index (χ3n) is 4.38. The van der Waals surface area contributed by atoms with Crippen molar-refractivity contribution >= 4 is 5.91 Å². The summed E-state index contributed by atoms with van der Waals surface area (Å²) in [7, 11) is 0. The lowest BCUT2D eigenvalue weighted by Crippen LogP contribution is -2.52. The fourth-order valence-corrected chi connectivity index (χ4v) is 2.78. The molecule has 0 N–H and O–H groups in total. The van der Waals surface area contributed by atoms with Gasteiger partial charge in [0.25, 0.3) is 0 Å². The second-order valence-electron chi connectivity index (χ2n) is 5.64. The predicted molar refractivity (Wildman–Crippen MR) is 56.3 cm³/mol. The van der Waals surface area contributed by atoms with E-state index in [9.17, 15) is 4.79 Å². The highest BCUT2D eigenvalue weighted by Crippen LogP contribution is 2.42. The fourth-order valence-electron chi connectivity index (χ4n) is 2.78. The zero-order valence-corrected chi connectivity index (χ0v) is 9.37. The molecular formula is C12H19NO2. The van der Waals surface area contributed by atoms with Crippen LogP contribution in [-0.4, -0.2) is 37.1 Å². The Labute approximate surface area is 90.8 Å². The van der Waals surface area contributed by atoms with Gasteiger partial charge in [-0.05, 0) is 25.2 Å². The first kappa shape index (κ1) is 9.64. The quantitative estimate of drug-likeness (QED) is 0.651. The zero-order chi connectivity index (χ0) is 10.5. The molecule has 0 aromatic carbocycles. The monoisotopic (exact) mass is 209 g/mol. The fraction of sp³-hybridized carbons (Fsp3) is 0.917. The van der Waals surface area contributed by atoms with Gasteiger partial charge in [0.1, 0.15) is 0 Å². The van der Waals surface area contributed by atoms with Crippen LogP contribution in [0.5, 0.6) is 0 Å². The van der Waals surface area contributed by atoms with Gasteiger partial charge in [-0.3, -0.25) is 4.79 Å². The molecule has 3 fully saturated rings. The van der Waals surface area contributed by atoms with Crippen LogP contribution >= 0.6 is 0 Å². The number of hydrogen-bond acceptors (Lipinski definition) is 2. The van der Waals surface area contributed by atoms with Gasteiger partial charge in [0, 0.05) is 24.4 Å². The van der Waals surface area contributed by atoms with Crippen LogP contribution in [0.4, 0.5) is 0 Å². The third kappa shape index (κ3) is 1.57. The van der Waals surface area contributed by atoms with Crippen LogP contribution < -0.4 is 0 Å². The number of amides is 1. The number of likely N-dealkylation sites (tertiary alicyclic amines) is 1. The summed E-state index contributed by atoms with van der Waals surface area (Å²) in [6.07, 6.45) is 3.42. The topological polar surface area (TPSA) is 29.5 Å². The van der Waals surface area contributed by atoms with Gasteiger partial charge in [-0.15, -0.1) is 0 Å². The van der Waals surface area contributed by atoms with E-state index in [1.807, 2.05) is 0 Å². The van der Waals surface area contributed by atoms with Gasteiger partial charge in [0.2, 0.25) is 5.91 Å². The highest BCUT2D eigenvalue weighted by molar-refractivity contribution is 5.81. The molecule has 84 valence electrons. The standard InChI is InChI=1S/C12H19NO2/c1-9-6-10(9)11(14)13-4-2-12(3-5-13)7-15-8-12/h9-10H,2-8H2,1H3.